The van der Waals surface area contributed by atoms with Crippen molar-refractivity contribution in [3.8, 4) is 11.8 Å². The van der Waals surface area contributed by atoms with Gasteiger partial charge in [-0.1, -0.05) is 6.92 Å². The third-order valence-corrected chi connectivity index (χ3v) is 2.21. The van der Waals surface area contributed by atoms with Crippen molar-refractivity contribution in [1.29, 1.82) is 0 Å². The van der Waals surface area contributed by atoms with Gasteiger partial charge in [0.2, 0.25) is 0 Å². The van der Waals surface area contributed by atoms with E-state index < -0.39 is 0 Å². The van der Waals surface area contributed by atoms with Gasteiger partial charge in [-0.2, -0.15) is 0 Å². The van der Waals surface area contributed by atoms with Gasteiger partial charge >= 0.3 is 0 Å². The lowest BCUT2D eigenvalue weighted by molar-refractivity contribution is 0.353. The van der Waals surface area contributed by atoms with Gasteiger partial charge in [0, 0.05) is 12.5 Å². The first-order valence-corrected chi connectivity index (χ1v) is 5.48. The Morgan fingerprint density at radius 2 is 2.00 bits per heavy atom. The first-order valence-electron chi connectivity index (χ1n) is 5.48. The van der Waals surface area contributed by atoms with Gasteiger partial charge in [-0.3, -0.25) is 0 Å². The van der Waals surface area contributed by atoms with E-state index in [4.69, 9.17) is 0 Å². The molecule has 0 aromatic carbocycles. The molecular weight excluding hydrogens is 172 g/mol. The van der Waals surface area contributed by atoms with E-state index in [-0.39, 0.29) is 0 Å². The molecule has 0 bridgehead atoms. The Bertz CT molecular complexity index is 176. The topological polar surface area (TPSA) is 15.3 Å². The van der Waals surface area contributed by atoms with Crippen LogP contribution in [0.25, 0.3) is 0 Å². The molecule has 0 saturated heterocycles. The summed E-state index contributed by atoms with van der Waals surface area (Å²) in [5.41, 5.74) is 0. The molecule has 14 heavy (non-hydrogen) atoms. The number of nitrogens with one attached hydrogen (secondary N) is 1. The number of nitrogens with zero attached hydrogens (tertiary/aromatic N) is 1. The van der Waals surface area contributed by atoms with E-state index in [0.29, 0.717) is 6.04 Å². The lowest BCUT2D eigenvalue weighted by Crippen LogP contribution is -2.32. The van der Waals surface area contributed by atoms with Crippen molar-refractivity contribution in [2.45, 2.75) is 39.2 Å². The van der Waals surface area contributed by atoms with E-state index in [1.54, 1.807) is 0 Å². The second-order valence-corrected chi connectivity index (χ2v) is 3.81. The van der Waals surface area contributed by atoms with Crippen LogP contribution < -0.4 is 5.32 Å². The van der Waals surface area contributed by atoms with E-state index >= 15 is 0 Å². The fourth-order valence-electron chi connectivity index (χ4n) is 1.42. The maximum absolute atomic E-state index is 3.50. The van der Waals surface area contributed by atoms with Gasteiger partial charge in [-0.05, 0) is 47.0 Å². The van der Waals surface area contributed by atoms with Crippen LogP contribution in [0.2, 0.25) is 0 Å². The molecule has 82 valence electrons. The van der Waals surface area contributed by atoms with E-state index in [2.05, 4.69) is 43.1 Å². The molecule has 1 N–H and O–H groups in total. The van der Waals surface area contributed by atoms with Gasteiger partial charge in [-0.25, -0.2) is 0 Å². The smallest absolute Gasteiger partial charge is 0.0103 e. The molecule has 0 saturated carbocycles. The Morgan fingerprint density at radius 1 is 1.29 bits per heavy atom. The molecule has 0 aliphatic heterocycles. The summed E-state index contributed by atoms with van der Waals surface area (Å²) in [6, 6.07) is 0.628. The zero-order valence-corrected chi connectivity index (χ0v) is 10.1. The predicted molar refractivity (Wildman–Crippen MR) is 63.3 cm³/mol. The molecule has 0 aliphatic carbocycles. The number of hydrogen-bond acceptors (Lipinski definition) is 2. The molecule has 0 rings (SSSR count). The third-order valence-electron chi connectivity index (χ3n) is 2.21. The maximum atomic E-state index is 3.50. The Kier molecular flexibility index (Phi) is 8.72. The molecule has 0 spiro atoms. The average molecular weight is 196 g/mol. The molecule has 2 nitrogen and oxygen atoms in total. The van der Waals surface area contributed by atoms with Gasteiger partial charge in [0.15, 0.2) is 0 Å². The molecule has 1 atom stereocenters. The third kappa shape index (κ3) is 8.10. The average Bonchev–Trinajstić information content (AvgIpc) is 2.14. The lowest BCUT2D eigenvalue weighted by Gasteiger charge is -2.19. The van der Waals surface area contributed by atoms with Crippen LogP contribution in [0.15, 0.2) is 0 Å². The summed E-state index contributed by atoms with van der Waals surface area (Å²) in [5.74, 6) is 6.06. The molecule has 0 aromatic heterocycles. The molecular formula is C12H24N2. The summed E-state index contributed by atoms with van der Waals surface area (Å²) in [4.78, 5) is 2.23. The highest BCUT2D eigenvalue weighted by Crippen LogP contribution is 2.02. The lowest BCUT2D eigenvalue weighted by atomic mass is 10.1. The van der Waals surface area contributed by atoms with Gasteiger partial charge in [0.05, 0.1) is 0 Å². The second kappa shape index (κ2) is 9.05. The molecule has 0 fully saturated rings. The van der Waals surface area contributed by atoms with Crippen molar-refractivity contribution in [3.05, 3.63) is 0 Å². The SMILES string of the molecule is CC#CCCC(CCN(C)C)NCC. The highest BCUT2D eigenvalue weighted by atomic mass is 15.1. The molecule has 0 amide bonds. The largest absolute Gasteiger partial charge is 0.314 e. The monoisotopic (exact) mass is 196 g/mol. The Balaban J connectivity index is 3.68. The molecule has 0 aromatic rings. The predicted octanol–water partition coefficient (Wildman–Crippen LogP) is 1.72. The fraction of sp³-hybridized carbons (Fsp3) is 0.833. The van der Waals surface area contributed by atoms with Crippen LogP contribution in [0, 0.1) is 11.8 Å². The summed E-state index contributed by atoms with van der Waals surface area (Å²) in [7, 11) is 4.24. The Hall–Kier alpha value is -0.520. The first kappa shape index (κ1) is 13.5. The van der Waals surface area contributed by atoms with Crippen LogP contribution in [0.3, 0.4) is 0 Å². The Morgan fingerprint density at radius 3 is 2.50 bits per heavy atom. The highest BCUT2D eigenvalue weighted by molar-refractivity contribution is 4.95. The molecule has 2 heteroatoms. The second-order valence-electron chi connectivity index (χ2n) is 3.81. The maximum Gasteiger partial charge on any atom is 0.0103 e. The van der Waals surface area contributed by atoms with Crippen molar-refractivity contribution in [2.75, 3.05) is 27.2 Å². The summed E-state index contributed by atoms with van der Waals surface area (Å²) in [5, 5.41) is 3.50. The normalized spacial score (nSPS) is 12.4. The van der Waals surface area contributed by atoms with E-state index in [9.17, 15) is 0 Å². The van der Waals surface area contributed by atoms with Crippen LogP contribution in [0.4, 0.5) is 0 Å². The van der Waals surface area contributed by atoms with Crippen LogP contribution in [0.1, 0.15) is 33.1 Å². The number of rotatable bonds is 7. The zero-order valence-electron chi connectivity index (χ0n) is 10.1. The summed E-state index contributed by atoms with van der Waals surface area (Å²) >= 11 is 0. The zero-order chi connectivity index (χ0) is 10.8. The number of hydrogen-bond donors (Lipinski definition) is 1. The van der Waals surface area contributed by atoms with Gasteiger partial charge < -0.3 is 10.2 Å². The Labute approximate surface area is 89.1 Å². The minimum Gasteiger partial charge on any atom is -0.314 e. The van der Waals surface area contributed by atoms with Gasteiger partial charge in [-0.15, -0.1) is 11.8 Å². The van der Waals surface area contributed by atoms with Crippen LogP contribution >= 0.6 is 0 Å². The summed E-state index contributed by atoms with van der Waals surface area (Å²) in [6.45, 7) is 6.27. The van der Waals surface area contributed by atoms with Crippen molar-refractivity contribution in [3.63, 3.8) is 0 Å². The highest BCUT2D eigenvalue weighted by Gasteiger charge is 2.06. The quantitative estimate of drug-likeness (QED) is 0.624. The van der Waals surface area contributed by atoms with E-state index in [0.717, 1.165) is 19.5 Å². The summed E-state index contributed by atoms with van der Waals surface area (Å²) in [6.07, 6.45) is 3.40. The van der Waals surface area contributed by atoms with Crippen LogP contribution in [-0.4, -0.2) is 38.1 Å². The van der Waals surface area contributed by atoms with E-state index in [1.165, 1.54) is 12.8 Å². The minimum atomic E-state index is 0.628. The summed E-state index contributed by atoms with van der Waals surface area (Å²) < 4.78 is 0. The van der Waals surface area contributed by atoms with Crippen molar-refractivity contribution in [2.24, 2.45) is 0 Å². The van der Waals surface area contributed by atoms with Gasteiger partial charge in [0.25, 0.3) is 0 Å². The van der Waals surface area contributed by atoms with Gasteiger partial charge in [0.1, 0.15) is 0 Å². The molecule has 0 aliphatic rings. The molecule has 1 unspecified atom stereocenters. The first-order chi connectivity index (χ1) is 6.70. The van der Waals surface area contributed by atoms with Crippen molar-refractivity contribution >= 4 is 0 Å². The fourth-order valence-corrected chi connectivity index (χ4v) is 1.42. The van der Waals surface area contributed by atoms with Crippen molar-refractivity contribution < 1.29 is 0 Å². The minimum absolute atomic E-state index is 0.628. The molecule has 0 heterocycles. The molecule has 0 radical (unpaired) electrons. The van der Waals surface area contributed by atoms with Crippen LogP contribution in [-0.2, 0) is 0 Å². The van der Waals surface area contributed by atoms with E-state index in [1.807, 2.05) is 6.92 Å². The standard InChI is InChI=1S/C12H24N2/c1-5-7-8-9-12(13-6-2)10-11-14(3)4/h12-13H,6,8-11H2,1-4H3. The van der Waals surface area contributed by atoms with Crippen molar-refractivity contribution in [1.82, 2.24) is 10.2 Å². The van der Waals surface area contributed by atoms with Crippen LogP contribution in [0.5, 0.6) is 0 Å².